The lowest BCUT2D eigenvalue weighted by atomic mass is 10.0. The Morgan fingerprint density at radius 2 is 2.05 bits per heavy atom. The Morgan fingerprint density at radius 3 is 2.71 bits per heavy atom. The molecular formula is C17H29NO3. The summed E-state index contributed by atoms with van der Waals surface area (Å²) in [5, 5.41) is 0. The first-order chi connectivity index (χ1) is 10.2. The fourth-order valence-corrected chi connectivity index (χ4v) is 2.26. The first-order valence-corrected chi connectivity index (χ1v) is 8.17. The van der Waals surface area contributed by atoms with E-state index in [1.54, 1.807) is 0 Å². The van der Waals surface area contributed by atoms with Crippen LogP contribution in [0.4, 0.5) is 0 Å². The minimum atomic E-state index is -0.115. The quantitative estimate of drug-likeness (QED) is 0.372. The maximum atomic E-state index is 11.8. The molecule has 1 fully saturated rings. The molecule has 1 rings (SSSR count). The number of hydrogen-bond acceptors (Lipinski definition) is 4. The Morgan fingerprint density at radius 1 is 1.29 bits per heavy atom. The van der Waals surface area contributed by atoms with Crippen molar-refractivity contribution in [3.05, 3.63) is 0 Å². The van der Waals surface area contributed by atoms with Crippen LogP contribution < -0.4 is 0 Å². The average molecular weight is 295 g/mol. The molecule has 0 aromatic rings. The minimum Gasteiger partial charge on any atom is -0.460 e. The zero-order valence-corrected chi connectivity index (χ0v) is 13.7. The third-order valence-corrected chi connectivity index (χ3v) is 3.78. The van der Waals surface area contributed by atoms with Gasteiger partial charge in [0.05, 0.1) is 19.1 Å². The Kier molecular flexibility index (Phi) is 9.12. The summed E-state index contributed by atoms with van der Waals surface area (Å²) in [5.41, 5.74) is 0. The van der Waals surface area contributed by atoms with Gasteiger partial charge in [-0.1, -0.05) is 33.1 Å². The standard InChI is InChI=1S/C17H29NO3/c1-4-7-12-20-14-16-13-15(17(19)21-16)10-8-9-11-18(5-2)6-3/h15-16H,4-7,10-14H2,1-3H3. The molecule has 0 aromatic heterocycles. The summed E-state index contributed by atoms with van der Waals surface area (Å²) in [5.74, 6) is 6.08. The normalized spacial score (nSPS) is 21.2. The van der Waals surface area contributed by atoms with Crippen molar-refractivity contribution in [2.75, 3.05) is 32.8 Å². The van der Waals surface area contributed by atoms with Crippen LogP contribution in [0.1, 0.15) is 46.5 Å². The molecule has 2 atom stereocenters. The first-order valence-electron chi connectivity index (χ1n) is 8.17. The molecule has 1 aliphatic rings. The number of unbranched alkanes of at least 4 members (excludes halogenated alkanes) is 1. The van der Waals surface area contributed by atoms with Gasteiger partial charge in [0.1, 0.15) is 6.10 Å². The van der Waals surface area contributed by atoms with Crippen molar-refractivity contribution in [3.8, 4) is 11.8 Å². The predicted molar refractivity (Wildman–Crippen MR) is 83.9 cm³/mol. The smallest absolute Gasteiger partial charge is 0.310 e. The van der Waals surface area contributed by atoms with Crippen molar-refractivity contribution in [3.63, 3.8) is 0 Å². The summed E-state index contributed by atoms with van der Waals surface area (Å²) < 4.78 is 10.9. The van der Waals surface area contributed by atoms with Gasteiger partial charge in [0.25, 0.3) is 0 Å². The van der Waals surface area contributed by atoms with E-state index in [1.807, 2.05) is 0 Å². The number of nitrogens with zero attached hydrogens (tertiary/aromatic N) is 1. The fourth-order valence-electron chi connectivity index (χ4n) is 2.26. The van der Waals surface area contributed by atoms with Crippen LogP contribution in [-0.2, 0) is 14.3 Å². The second kappa shape index (κ2) is 10.6. The molecule has 0 bridgehead atoms. The van der Waals surface area contributed by atoms with Crippen LogP contribution in [0.2, 0.25) is 0 Å². The Bertz CT molecular complexity index is 355. The molecule has 1 aliphatic heterocycles. The Hall–Kier alpha value is -1.05. The molecule has 0 amide bonds. The highest BCUT2D eigenvalue weighted by atomic mass is 16.6. The minimum absolute atomic E-state index is 0.0750. The van der Waals surface area contributed by atoms with Crippen LogP contribution in [0.5, 0.6) is 0 Å². The summed E-state index contributed by atoms with van der Waals surface area (Å²) in [6.45, 7) is 10.4. The molecule has 0 radical (unpaired) electrons. The second-order valence-corrected chi connectivity index (χ2v) is 5.44. The van der Waals surface area contributed by atoms with Crippen molar-refractivity contribution >= 4 is 5.97 Å². The van der Waals surface area contributed by atoms with Gasteiger partial charge in [-0.05, 0) is 19.5 Å². The summed E-state index contributed by atoms with van der Waals surface area (Å²) in [4.78, 5) is 14.0. The van der Waals surface area contributed by atoms with E-state index < -0.39 is 0 Å². The molecule has 0 spiro atoms. The molecule has 0 N–H and O–H groups in total. The number of ether oxygens (including phenoxy) is 2. The number of carbonyl (C=O) groups excluding carboxylic acids is 1. The fraction of sp³-hybridized carbons (Fsp3) is 0.824. The summed E-state index contributed by atoms with van der Waals surface area (Å²) in [6.07, 6.45) is 3.44. The van der Waals surface area contributed by atoms with Gasteiger partial charge in [-0.2, -0.15) is 0 Å². The maximum Gasteiger partial charge on any atom is 0.310 e. The predicted octanol–water partition coefficient (Wildman–Crippen LogP) is 2.47. The molecule has 2 unspecified atom stereocenters. The van der Waals surface area contributed by atoms with Crippen LogP contribution in [-0.4, -0.2) is 49.8 Å². The van der Waals surface area contributed by atoms with Crippen LogP contribution in [0.15, 0.2) is 0 Å². The molecular weight excluding hydrogens is 266 g/mol. The Labute approximate surface area is 129 Å². The van der Waals surface area contributed by atoms with Gasteiger partial charge in [0.2, 0.25) is 0 Å². The molecule has 21 heavy (non-hydrogen) atoms. The van der Waals surface area contributed by atoms with Gasteiger partial charge >= 0.3 is 5.97 Å². The van der Waals surface area contributed by atoms with Gasteiger partial charge in [0, 0.05) is 19.4 Å². The SMILES string of the molecule is CCCCOCC1CC(CC#CCN(CC)CC)C(=O)O1. The van der Waals surface area contributed by atoms with Gasteiger partial charge in [-0.25, -0.2) is 0 Å². The lowest BCUT2D eigenvalue weighted by molar-refractivity contribution is -0.146. The van der Waals surface area contributed by atoms with Crippen LogP contribution in [0.3, 0.4) is 0 Å². The number of carbonyl (C=O) groups is 1. The van der Waals surface area contributed by atoms with Gasteiger partial charge in [0.15, 0.2) is 0 Å². The monoisotopic (exact) mass is 295 g/mol. The molecule has 1 saturated heterocycles. The van der Waals surface area contributed by atoms with E-state index in [4.69, 9.17) is 9.47 Å². The third kappa shape index (κ3) is 6.97. The van der Waals surface area contributed by atoms with E-state index in [1.165, 1.54) is 0 Å². The van der Waals surface area contributed by atoms with Crippen LogP contribution in [0.25, 0.3) is 0 Å². The zero-order valence-electron chi connectivity index (χ0n) is 13.7. The summed E-state index contributed by atoms with van der Waals surface area (Å²) >= 11 is 0. The van der Waals surface area contributed by atoms with Gasteiger partial charge in [-0.3, -0.25) is 9.69 Å². The van der Waals surface area contributed by atoms with E-state index >= 15 is 0 Å². The highest BCUT2D eigenvalue weighted by Gasteiger charge is 2.33. The molecule has 4 heteroatoms. The summed E-state index contributed by atoms with van der Waals surface area (Å²) in [6, 6.07) is 0. The molecule has 1 heterocycles. The van der Waals surface area contributed by atoms with Crippen LogP contribution in [0, 0.1) is 17.8 Å². The third-order valence-electron chi connectivity index (χ3n) is 3.78. The van der Waals surface area contributed by atoms with E-state index in [0.29, 0.717) is 13.0 Å². The second-order valence-electron chi connectivity index (χ2n) is 5.44. The average Bonchev–Trinajstić information content (AvgIpc) is 2.84. The Balaban J connectivity index is 2.24. The number of esters is 1. The largest absolute Gasteiger partial charge is 0.460 e. The molecule has 120 valence electrons. The van der Waals surface area contributed by atoms with E-state index in [9.17, 15) is 4.79 Å². The van der Waals surface area contributed by atoms with Crippen molar-refractivity contribution in [2.24, 2.45) is 5.92 Å². The zero-order chi connectivity index (χ0) is 15.5. The van der Waals surface area contributed by atoms with E-state index in [-0.39, 0.29) is 18.0 Å². The lowest BCUT2D eigenvalue weighted by Crippen LogP contribution is -2.22. The molecule has 0 aromatic carbocycles. The van der Waals surface area contributed by atoms with Crippen molar-refractivity contribution < 1.29 is 14.3 Å². The highest BCUT2D eigenvalue weighted by Crippen LogP contribution is 2.24. The maximum absolute atomic E-state index is 11.8. The molecule has 0 aliphatic carbocycles. The number of cyclic esters (lactones) is 1. The van der Waals surface area contributed by atoms with Crippen molar-refractivity contribution in [2.45, 2.75) is 52.6 Å². The first kappa shape index (κ1) is 18.0. The number of rotatable bonds is 9. The highest BCUT2D eigenvalue weighted by molar-refractivity contribution is 5.75. The van der Waals surface area contributed by atoms with E-state index in [2.05, 4.69) is 37.5 Å². The van der Waals surface area contributed by atoms with Crippen LogP contribution >= 0.6 is 0 Å². The van der Waals surface area contributed by atoms with Gasteiger partial charge in [-0.15, -0.1) is 5.92 Å². The van der Waals surface area contributed by atoms with E-state index in [0.717, 1.165) is 45.5 Å². The summed E-state index contributed by atoms with van der Waals surface area (Å²) in [7, 11) is 0. The molecule has 0 saturated carbocycles. The van der Waals surface area contributed by atoms with Gasteiger partial charge < -0.3 is 9.47 Å². The number of hydrogen-bond donors (Lipinski definition) is 0. The topological polar surface area (TPSA) is 38.8 Å². The van der Waals surface area contributed by atoms with Crippen molar-refractivity contribution in [1.82, 2.24) is 4.90 Å². The van der Waals surface area contributed by atoms with Crippen molar-refractivity contribution in [1.29, 1.82) is 0 Å². The molecule has 4 nitrogen and oxygen atoms in total. The lowest BCUT2D eigenvalue weighted by Gasteiger charge is -2.13.